The molecule has 2 aromatic carbocycles. The number of aromatic nitrogens is 3. The molecule has 0 saturated heterocycles. The number of ether oxygens (including phenoxy) is 3. The summed E-state index contributed by atoms with van der Waals surface area (Å²) in [4.78, 5) is 12.2. The van der Waals surface area contributed by atoms with Crippen LogP contribution in [0, 0.1) is 0 Å². The Balaban J connectivity index is 1.58. The molecule has 0 amide bonds. The first-order valence-corrected chi connectivity index (χ1v) is 9.06. The molecule has 3 aromatic rings. The first kappa shape index (κ1) is 16.6. The normalized spacial score (nSPS) is 12.8. The van der Waals surface area contributed by atoms with E-state index in [4.69, 9.17) is 14.2 Å². The van der Waals surface area contributed by atoms with Crippen molar-refractivity contribution >= 4 is 11.8 Å². The van der Waals surface area contributed by atoms with Crippen molar-refractivity contribution in [1.29, 1.82) is 0 Å². The lowest BCUT2D eigenvalue weighted by molar-refractivity contribution is 0.171. The van der Waals surface area contributed by atoms with Gasteiger partial charge in [-0.05, 0) is 29.8 Å². The van der Waals surface area contributed by atoms with Gasteiger partial charge in [0.15, 0.2) is 16.7 Å². The van der Waals surface area contributed by atoms with Crippen LogP contribution in [0.15, 0.2) is 52.4 Å². The van der Waals surface area contributed by atoms with Crippen LogP contribution in [0.3, 0.4) is 0 Å². The van der Waals surface area contributed by atoms with E-state index in [9.17, 15) is 4.79 Å². The van der Waals surface area contributed by atoms with Crippen LogP contribution < -0.4 is 19.9 Å². The summed E-state index contributed by atoms with van der Waals surface area (Å²) in [6.45, 7) is 1.02. The van der Waals surface area contributed by atoms with Gasteiger partial charge in [0.2, 0.25) is 0 Å². The second-order valence-corrected chi connectivity index (χ2v) is 6.55. The number of fused-ring (bicyclic) bond motifs is 1. The van der Waals surface area contributed by atoms with Crippen LogP contribution in [0.2, 0.25) is 0 Å². The molecule has 0 unspecified atom stereocenters. The van der Waals surface area contributed by atoms with Gasteiger partial charge in [0.1, 0.15) is 19.0 Å². The molecule has 8 heteroatoms. The average molecular weight is 371 g/mol. The number of nitrogens with zero attached hydrogens (tertiary/aromatic N) is 2. The number of nitrogens with one attached hydrogen (secondary N) is 1. The Hall–Kier alpha value is -2.87. The first-order valence-electron chi connectivity index (χ1n) is 8.08. The zero-order chi connectivity index (χ0) is 17.9. The van der Waals surface area contributed by atoms with Gasteiger partial charge in [-0.15, -0.1) is 5.10 Å². The van der Waals surface area contributed by atoms with Crippen molar-refractivity contribution in [1.82, 2.24) is 14.8 Å². The molecule has 134 valence electrons. The molecule has 0 atom stereocenters. The molecule has 7 nitrogen and oxygen atoms in total. The Morgan fingerprint density at radius 3 is 2.69 bits per heavy atom. The zero-order valence-corrected chi connectivity index (χ0v) is 14.9. The summed E-state index contributed by atoms with van der Waals surface area (Å²) in [5, 5.41) is 7.25. The quantitative estimate of drug-likeness (QED) is 0.695. The summed E-state index contributed by atoms with van der Waals surface area (Å²) < 4.78 is 17.8. The zero-order valence-electron chi connectivity index (χ0n) is 14.1. The van der Waals surface area contributed by atoms with Crippen LogP contribution in [-0.4, -0.2) is 35.1 Å². The molecular weight excluding hydrogens is 354 g/mol. The SMILES string of the molecule is COc1ccc(CSc2n[nH]c(=O)n2-c2ccc3c(c2)OCCO3)cc1. The van der Waals surface area contributed by atoms with Gasteiger partial charge in [-0.3, -0.25) is 0 Å². The van der Waals surface area contributed by atoms with Crippen LogP contribution in [-0.2, 0) is 5.75 Å². The highest BCUT2D eigenvalue weighted by atomic mass is 32.2. The van der Waals surface area contributed by atoms with Crippen molar-refractivity contribution in [2.45, 2.75) is 10.9 Å². The maximum absolute atomic E-state index is 12.2. The molecule has 26 heavy (non-hydrogen) atoms. The lowest BCUT2D eigenvalue weighted by Crippen LogP contribution is -2.18. The highest BCUT2D eigenvalue weighted by Gasteiger charge is 2.16. The van der Waals surface area contributed by atoms with Crippen LogP contribution >= 0.6 is 11.8 Å². The van der Waals surface area contributed by atoms with Gasteiger partial charge in [0, 0.05) is 11.8 Å². The second-order valence-electron chi connectivity index (χ2n) is 5.61. The lowest BCUT2D eigenvalue weighted by atomic mass is 10.2. The minimum absolute atomic E-state index is 0.293. The van der Waals surface area contributed by atoms with E-state index in [1.54, 1.807) is 19.2 Å². The minimum atomic E-state index is -0.293. The molecule has 1 aliphatic heterocycles. The summed E-state index contributed by atoms with van der Waals surface area (Å²) in [7, 11) is 1.64. The Morgan fingerprint density at radius 2 is 1.92 bits per heavy atom. The summed E-state index contributed by atoms with van der Waals surface area (Å²) in [6, 6.07) is 13.2. The number of hydrogen-bond donors (Lipinski definition) is 1. The molecule has 1 aliphatic rings. The highest BCUT2D eigenvalue weighted by molar-refractivity contribution is 7.98. The average Bonchev–Trinajstić information content (AvgIpc) is 3.07. The van der Waals surface area contributed by atoms with Gasteiger partial charge in [-0.2, -0.15) is 0 Å². The van der Waals surface area contributed by atoms with E-state index in [0.29, 0.717) is 41.3 Å². The number of methoxy groups -OCH3 is 1. The molecule has 0 saturated carbocycles. The van der Waals surface area contributed by atoms with E-state index in [1.807, 2.05) is 30.3 Å². The van der Waals surface area contributed by atoms with Crippen molar-refractivity contribution in [2.75, 3.05) is 20.3 Å². The van der Waals surface area contributed by atoms with Crippen molar-refractivity contribution < 1.29 is 14.2 Å². The fraction of sp³-hybridized carbons (Fsp3) is 0.222. The van der Waals surface area contributed by atoms with Gasteiger partial charge in [-0.1, -0.05) is 23.9 Å². The summed E-state index contributed by atoms with van der Waals surface area (Å²) >= 11 is 1.47. The van der Waals surface area contributed by atoms with E-state index in [2.05, 4.69) is 10.2 Å². The molecule has 1 aromatic heterocycles. The van der Waals surface area contributed by atoms with Gasteiger partial charge in [-0.25, -0.2) is 14.5 Å². The number of thioether (sulfide) groups is 1. The topological polar surface area (TPSA) is 78.4 Å². The number of benzene rings is 2. The smallest absolute Gasteiger partial charge is 0.348 e. The van der Waals surface area contributed by atoms with Crippen LogP contribution in [0.1, 0.15) is 5.56 Å². The van der Waals surface area contributed by atoms with Gasteiger partial charge in [0.25, 0.3) is 0 Å². The number of rotatable bonds is 5. The van der Waals surface area contributed by atoms with E-state index in [-0.39, 0.29) is 5.69 Å². The van der Waals surface area contributed by atoms with Crippen LogP contribution in [0.25, 0.3) is 5.69 Å². The third kappa shape index (κ3) is 3.28. The molecular formula is C18H17N3O4S. The Bertz CT molecular complexity index is 965. The maximum atomic E-state index is 12.2. The fourth-order valence-electron chi connectivity index (χ4n) is 2.65. The number of aromatic amines is 1. The van der Waals surface area contributed by atoms with Gasteiger partial charge >= 0.3 is 5.69 Å². The Morgan fingerprint density at radius 1 is 1.15 bits per heavy atom. The van der Waals surface area contributed by atoms with Crippen molar-refractivity contribution in [2.24, 2.45) is 0 Å². The third-order valence-corrected chi connectivity index (χ3v) is 4.96. The number of H-pyrrole nitrogens is 1. The summed E-state index contributed by atoms with van der Waals surface area (Å²) in [5.74, 6) is 2.81. The van der Waals surface area contributed by atoms with Crippen molar-refractivity contribution in [3.8, 4) is 22.9 Å². The molecule has 0 bridgehead atoms. The van der Waals surface area contributed by atoms with Crippen LogP contribution in [0.5, 0.6) is 17.2 Å². The van der Waals surface area contributed by atoms with Gasteiger partial charge < -0.3 is 14.2 Å². The van der Waals surface area contributed by atoms with E-state index in [1.165, 1.54) is 16.3 Å². The minimum Gasteiger partial charge on any atom is -0.497 e. The van der Waals surface area contributed by atoms with E-state index < -0.39 is 0 Å². The molecule has 4 rings (SSSR count). The monoisotopic (exact) mass is 371 g/mol. The van der Waals surface area contributed by atoms with Gasteiger partial charge in [0.05, 0.1) is 12.8 Å². The predicted molar refractivity (Wildman–Crippen MR) is 97.7 cm³/mol. The Kier molecular flexibility index (Phi) is 4.57. The van der Waals surface area contributed by atoms with Crippen molar-refractivity contribution in [3.63, 3.8) is 0 Å². The standard InChI is InChI=1S/C18H17N3O4S/c1-23-14-5-2-12(3-6-14)11-26-18-20-19-17(22)21(18)13-4-7-15-16(10-13)25-9-8-24-15/h2-7,10H,8-9,11H2,1H3,(H,19,22). The summed E-state index contributed by atoms with van der Waals surface area (Å²) in [6.07, 6.45) is 0. The fourth-order valence-corrected chi connectivity index (χ4v) is 3.56. The maximum Gasteiger partial charge on any atom is 0.348 e. The Labute approximate surface area is 153 Å². The highest BCUT2D eigenvalue weighted by Crippen LogP contribution is 2.33. The number of hydrogen-bond acceptors (Lipinski definition) is 6. The van der Waals surface area contributed by atoms with E-state index >= 15 is 0 Å². The third-order valence-electron chi connectivity index (χ3n) is 3.95. The molecule has 1 N–H and O–H groups in total. The molecule has 0 spiro atoms. The molecule has 0 radical (unpaired) electrons. The largest absolute Gasteiger partial charge is 0.497 e. The van der Waals surface area contributed by atoms with Crippen molar-refractivity contribution in [3.05, 3.63) is 58.5 Å². The van der Waals surface area contributed by atoms with E-state index in [0.717, 1.165) is 11.3 Å². The predicted octanol–water partition coefficient (Wildman–Crippen LogP) is 2.63. The lowest BCUT2D eigenvalue weighted by Gasteiger charge is -2.19. The second kappa shape index (κ2) is 7.17. The first-order chi connectivity index (χ1) is 12.7. The van der Waals surface area contributed by atoms with Crippen LogP contribution in [0.4, 0.5) is 0 Å². The molecule has 2 heterocycles. The molecule has 0 aliphatic carbocycles. The molecule has 0 fully saturated rings. The summed E-state index contributed by atoms with van der Waals surface area (Å²) in [5.41, 5.74) is 1.50.